The number of sulfonamides is 1. The van der Waals surface area contributed by atoms with Gasteiger partial charge in [-0.15, -0.1) is 0 Å². The highest BCUT2D eigenvalue weighted by molar-refractivity contribution is 7.92. The Hall–Kier alpha value is -3.65. The highest BCUT2D eigenvalue weighted by Crippen LogP contribution is 2.28. The molecule has 2 amide bonds. The molecule has 8 heteroatoms. The van der Waals surface area contributed by atoms with Gasteiger partial charge >= 0.3 is 0 Å². The fourth-order valence-electron chi connectivity index (χ4n) is 4.54. The fourth-order valence-corrected chi connectivity index (χ4v) is 6.04. The number of benzene rings is 3. The molecule has 0 fully saturated rings. The Morgan fingerprint density at radius 2 is 1.55 bits per heavy atom. The zero-order valence-corrected chi connectivity index (χ0v) is 23.6. The Morgan fingerprint density at radius 3 is 2.16 bits per heavy atom. The molecule has 0 saturated heterocycles. The Labute approximate surface area is 226 Å². The van der Waals surface area contributed by atoms with Gasteiger partial charge in [0.15, 0.2) is 0 Å². The maximum Gasteiger partial charge on any atom is 0.264 e. The summed E-state index contributed by atoms with van der Waals surface area (Å²) >= 11 is 0. The highest BCUT2D eigenvalue weighted by atomic mass is 32.2. The second-order valence-electron chi connectivity index (χ2n) is 9.44. The van der Waals surface area contributed by atoms with Gasteiger partial charge < -0.3 is 10.2 Å². The molecule has 0 heterocycles. The number of hydrogen-bond donors (Lipinski definition) is 1. The summed E-state index contributed by atoms with van der Waals surface area (Å²) in [5.41, 5.74) is 4.04. The summed E-state index contributed by atoms with van der Waals surface area (Å²) in [7, 11) is -4.08. The van der Waals surface area contributed by atoms with E-state index in [1.807, 2.05) is 71.0 Å². The van der Waals surface area contributed by atoms with E-state index >= 15 is 0 Å². The summed E-state index contributed by atoms with van der Waals surface area (Å²) in [4.78, 5) is 28.6. The van der Waals surface area contributed by atoms with Crippen LogP contribution in [0.3, 0.4) is 0 Å². The van der Waals surface area contributed by atoms with Crippen molar-refractivity contribution >= 4 is 27.5 Å². The van der Waals surface area contributed by atoms with Crippen molar-refractivity contribution in [3.63, 3.8) is 0 Å². The summed E-state index contributed by atoms with van der Waals surface area (Å²) in [6.45, 7) is 9.56. The van der Waals surface area contributed by atoms with E-state index in [1.54, 1.807) is 24.3 Å². The van der Waals surface area contributed by atoms with E-state index in [9.17, 15) is 18.0 Å². The van der Waals surface area contributed by atoms with E-state index in [0.29, 0.717) is 18.7 Å². The van der Waals surface area contributed by atoms with Gasteiger partial charge in [0, 0.05) is 13.1 Å². The van der Waals surface area contributed by atoms with Gasteiger partial charge in [0.2, 0.25) is 11.8 Å². The van der Waals surface area contributed by atoms with Crippen molar-refractivity contribution in [3.8, 4) is 0 Å². The van der Waals surface area contributed by atoms with E-state index in [0.717, 1.165) is 26.6 Å². The van der Waals surface area contributed by atoms with Crippen LogP contribution >= 0.6 is 0 Å². The van der Waals surface area contributed by atoms with Gasteiger partial charge in [-0.05, 0) is 63.4 Å². The molecule has 0 spiro atoms. The van der Waals surface area contributed by atoms with Crippen LogP contribution in [-0.4, -0.2) is 44.3 Å². The van der Waals surface area contributed by atoms with Crippen molar-refractivity contribution < 1.29 is 18.0 Å². The molecule has 0 unspecified atom stereocenters. The third-order valence-corrected chi connectivity index (χ3v) is 8.18. The first-order valence-corrected chi connectivity index (χ1v) is 14.3. The van der Waals surface area contributed by atoms with Crippen LogP contribution in [0.4, 0.5) is 5.69 Å². The van der Waals surface area contributed by atoms with E-state index < -0.39 is 28.5 Å². The molecule has 3 aromatic rings. The minimum atomic E-state index is -4.08. The SMILES string of the molecule is CCNC(=O)[C@@H](CC)N(Cc1cccc(C)c1)C(=O)CN(c1ccc(C)cc1C)S(=O)(=O)c1ccccc1. The zero-order valence-electron chi connectivity index (χ0n) is 22.8. The standard InChI is InChI=1S/C30H37N3O4S/c1-6-27(30(35)31-7-2)32(20-25-13-11-12-22(3)19-25)29(34)21-33(28-17-16-23(4)18-24(28)5)38(36,37)26-14-9-8-10-15-26/h8-19,27H,6-7,20-21H2,1-5H3,(H,31,35)/t27-/m1/s1. The lowest BCUT2D eigenvalue weighted by Crippen LogP contribution is -2.52. The van der Waals surface area contributed by atoms with Gasteiger partial charge in [-0.1, -0.05) is 72.6 Å². The van der Waals surface area contributed by atoms with Crippen LogP contribution < -0.4 is 9.62 Å². The minimum Gasteiger partial charge on any atom is -0.355 e. The largest absolute Gasteiger partial charge is 0.355 e. The van der Waals surface area contributed by atoms with Crippen molar-refractivity contribution in [1.29, 1.82) is 0 Å². The number of likely N-dealkylation sites (N-methyl/N-ethyl adjacent to an activating group) is 1. The first-order chi connectivity index (χ1) is 18.1. The molecule has 0 aliphatic carbocycles. The van der Waals surface area contributed by atoms with Crippen LogP contribution in [0, 0.1) is 20.8 Å². The van der Waals surface area contributed by atoms with Crippen molar-refractivity contribution in [1.82, 2.24) is 10.2 Å². The normalized spacial score (nSPS) is 12.0. The van der Waals surface area contributed by atoms with Gasteiger partial charge in [-0.2, -0.15) is 0 Å². The number of anilines is 1. The summed E-state index contributed by atoms with van der Waals surface area (Å²) in [5.74, 6) is -0.718. The molecule has 1 N–H and O–H groups in total. The predicted octanol–water partition coefficient (Wildman–Crippen LogP) is 4.75. The monoisotopic (exact) mass is 535 g/mol. The van der Waals surface area contributed by atoms with Crippen LogP contribution in [0.25, 0.3) is 0 Å². The van der Waals surface area contributed by atoms with E-state index in [2.05, 4.69) is 5.32 Å². The first-order valence-electron chi connectivity index (χ1n) is 12.9. The summed E-state index contributed by atoms with van der Waals surface area (Å²) in [5, 5.41) is 2.82. The molecule has 0 saturated carbocycles. The maximum absolute atomic E-state index is 14.0. The van der Waals surface area contributed by atoms with Crippen molar-refractivity contribution in [2.75, 3.05) is 17.4 Å². The quantitative estimate of drug-likeness (QED) is 0.384. The van der Waals surface area contributed by atoms with E-state index in [1.165, 1.54) is 17.0 Å². The molecule has 202 valence electrons. The summed E-state index contributed by atoms with van der Waals surface area (Å²) in [6.07, 6.45) is 0.387. The van der Waals surface area contributed by atoms with Crippen molar-refractivity contribution in [2.24, 2.45) is 0 Å². The Morgan fingerprint density at radius 1 is 0.868 bits per heavy atom. The molecule has 0 aliphatic rings. The number of hydrogen-bond acceptors (Lipinski definition) is 4. The number of carbonyl (C=O) groups is 2. The van der Waals surface area contributed by atoms with Crippen LogP contribution in [0.5, 0.6) is 0 Å². The molecule has 0 aliphatic heterocycles. The van der Waals surface area contributed by atoms with Crippen LogP contribution in [-0.2, 0) is 26.2 Å². The number of amides is 2. The lowest BCUT2D eigenvalue weighted by Gasteiger charge is -2.33. The van der Waals surface area contributed by atoms with Crippen molar-refractivity contribution in [3.05, 3.63) is 95.1 Å². The molecule has 0 aromatic heterocycles. The lowest BCUT2D eigenvalue weighted by atomic mass is 10.1. The Bertz CT molecular complexity index is 1370. The zero-order chi connectivity index (χ0) is 27.9. The second kappa shape index (κ2) is 12.7. The van der Waals surface area contributed by atoms with Crippen LogP contribution in [0.2, 0.25) is 0 Å². The van der Waals surface area contributed by atoms with Gasteiger partial charge in [-0.3, -0.25) is 13.9 Å². The number of rotatable bonds is 11. The summed E-state index contributed by atoms with van der Waals surface area (Å²) in [6, 6.07) is 20.5. The Balaban J connectivity index is 2.08. The molecule has 38 heavy (non-hydrogen) atoms. The second-order valence-corrected chi connectivity index (χ2v) is 11.3. The predicted molar refractivity (Wildman–Crippen MR) is 151 cm³/mol. The van der Waals surface area contributed by atoms with Gasteiger partial charge in [-0.25, -0.2) is 8.42 Å². The fraction of sp³-hybridized carbons (Fsp3) is 0.333. The lowest BCUT2D eigenvalue weighted by molar-refractivity contribution is -0.140. The molecule has 7 nitrogen and oxygen atoms in total. The topological polar surface area (TPSA) is 86.8 Å². The molecular weight excluding hydrogens is 498 g/mol. The molecule has 0 bridgehead atoms. The van der Waals surface area contributed by atoms with Gasteiger partial charge in [0.1, 0.15) is 12.6 Å². The smallest absolute Gasteiger partial charge is 0.264 e. The third kappa shape index (κ3) is 6.81. The average Bonchev–Trinajstić information content (AvgIpc) is 2.88. The van der Waals surface area contributed by atoms with E-state index in [4.69, 9.17) is 0 Å². The number of nitrogens with zero attached hydrogens (tertiary/aromatic N) is 2. The number of nitrogens with one attached hydrogen (secondary N) is 1. The Kier molecular flexibility index (Phi) is 9.69. The molecular formula is C30H37N3O4S. The van der Waals surface area contributed by atoms with Gasteiger partial charge in [0.05, 0.1) is 10.6 Å². The van der Waals surface area contributed by atoms with Crippen molar-refractivity contribution in [2.45, 2.75) is 58.5 Å². The average molecular weight is 536 g/mol. The van der Waals surface area contributed by atoms with E-state index in [-0.39, 0.29) is 17.3 Å². The van der Waals surface area contributed by atoms with Gasteiger partial charge in [0.25, 0.3) is 10.0 Å². The molecule has 0 radical (unpaired) electrons. The maximum atomic E-state index is 14.0. The third-order valence-electron chi connectivity index (χ3n) is 6.40. The molecule has 3 rings (SSSR count). The summed E-state index contributed by atoms with van der Waals surface area (Å²) < 4.78 is 28.9. The van der Waals surface area contributed by atoms with Crippen LogP contribution in [0.1, 0.15) is 42.5 Å². The molecule has 3 aromatic carbocycles. The minimum absolute atomic E-state index is 0.0915. The molecule has 1 atom stereocenters. The van der Waals surface area contributed by atoms with Crippen LogP contribution in [0.15, 0.2) is 77.7 Å². The number of aryl methyl sites for hydroxylation is 3. The highest BCUT2D eigenvalue weighted by Gasteiger charge is 2.34. The number of carbonyl (C=O) groups excluding carboxylic acids is 2. The first kappa shape index (κ1) is 28.9.